The van der Waals surface area contributed by atoms with Crippen LogP contribution in [0.15, 0.2) is 30.3 Å². The highest BCUT2D eigenvalue weighted by Crippen LogP contribution is 2.00. The van der Waals surface area contributed by atoms with Crippen LogP contribution in [0.2, 0.25) is 0 Å². The fraction of sp³-hybridized carbons (Fsp3) is 0.231. The number of hydrogen-bond donors (Lipinski definition) is 2. The van der Waals surface area contributed by atoms with Gasteiger partial charge in [0, 0.05) is 6.42 Å². The molecule has 1 rings (SSSR count). The van der Waals surface area contributed by atoms with Crippen molar-refractivity contribution in [3.05, 3.63) is 35.9 Å². The van der Waals surface area contributed by atoms with E-state index in [9.17, 15) is 9.59 Å². The van der Waals surface area contributed by atoms with E-state index in [1.54, 1.807) is 12.1 Å². The minimum absolute atomic E-state index is 0.0180. The molecule has 4 nitrogen and oxygen atoms in total. The second kappa shape index (κ2) is 6.33. The zero-order valence-electron chi connectivity index (χ0n) is 9.22. The summed E-state index contributed by atoms with van der Waals surface area (Å²) in [5, 5.41) is 11.2. The fourth-order valence-electron chi connectivity index (χ4n) is 1.34. The molecule has 2 N–H and O–H groups in total. The summed E-state index contributed by atoms with van der Waals surface area (Å²) in [6.07, 6.45) is 5.16. The predicted octanol–water partition coefficient (Wildman–Crippen LogP) is 0.822. The molecule has 0 saturated carbocycles. The number of terminal acetylenes is 1. The molecule has 1 atom stereocenters. The summed E-state index contributed by atoms with van der Waals surface area (Å²) in [5.74, 6) is 0.754. The first kappa shape index (κ1) is 12.8. The Bertz CT molecular complexity index is 434. The number of carboxylic acid groups (broad SMARTS) is 1. The van der Waals surface area contributed by atoms with Gasteiger partial charge in [-0.2, -0.15) is 0 Å². The molecule has 0 heterocycles. The molecule has 0 aliphatic carbocycles. The average Bonchev–Trinajstić information content (AvgIpc) is 2.29. The molecule has 0 aliphatic rings. The molecular formula is C13H13NO3. The molecule has 88 valence electrons. The first-order valence-electron chi connectivity index (χ1n) is 5.13. The van der Waals surface area contributed by atoms with Gasteiger partial charge in [0.25, 0.3) is 0 Å². The molecule has 1 aromatic carbocycles. The Morgan fingerprint density at radius 1 is 1.35 bits per heavy atom. The Hall–Kier alpha value is -2.28. The smallest absolute Gasteiger partial charge is 0.327 e. The van der Waals surface area contributed by atoms with E-state index in [4.69, 9.17) is 11.5 Å². The highest BCUT2D eigenvalue weighted by molar-refractivity contribution is 5.85. The SMILES string of the molecule is C#CC[C@@H](NC(=O)Cc1ccccc1)C(=O)O. The number of benzene rings is 1. The van der Waals surface area contributed by atoms with Crippen LogP contribution in [0.1, 0.15) is 12.0 Å². The van der Waals surface area contributed by atoms with E-state index in [1.165, 1.54) is 0 Å². The second-order valence-electron chi connectivity index (χ2n) is 3.53. The minimum Gasteiger partial charge on any atom is -0.480 e. The van der Waals surface area contributed by atoms with E-state index in [2.05, 4.69) is 11.2 Å². The fourth-order valence-corrected chi connectivity index (χ4v) is 1.34. The lowest BCUT2D eigenvalue weighted by molar-refractivity contribution is -0.141. The average molecular weight is 231 g/mol. The van der Waals surface area contributed by atoms with Crippen molar-refractivity contribution in [3.63, 3.8) is 0 Å². The van der Waals surface area contributed by atoms with E-state index >= 15 is 0 Å². The number of carboxylic acids is 1. The predicted molar refractivity (Wildman–Crippen MR) is 63.2 cm³/mol. The Morgan fingerprint density at radius 3 is 2.53 bits per heavy atom. The van der Waals surface area contributed by atoms with Gasteiger partial charge in [-0.15, -0.1) is 12.3 Å². The van der Waals surface area contributed by atoms with Crippen LogP contribution in [0, 0.1) is 12.3 Å². The molecule has 0 aromatic heterocycles. The highest BCUT2D eigenvalue weighted by Gasteiger charge is 2.18. The van der Waals surface area contributed by atoms with Crippen molar-refractivity contribution < 1.29 is 14.7 Å². The van der Waals surface area contributed by atoms with Crippen molar-refractivity contribution >= 4 is 11.9 Å². The molecule has 1 aromatic rings. The molecule has 0 spiro atoms. The quantitative estimate of drug-likeness (QED) is 0.737. The Kier molecular flexibility index (Phi) is 4.77. The number of amides is 1. The van der Waals surface area contributed by atoms with Crippen LogP contribution in [-0.2, 0) is 16.0 Å². The third kappa shape index (κ3) is 4.39. The summed E-state index contributed by atoms with van der Waals surface area (Å²) in [6.45, 7) is 0. The molecule has 4 heteroatoms. The van der Waals surface area contributed by atoms with Gasteiger partial charge < -0.3 is 10.4 Å². The standard InChI is InChI=1S/C13H13NO3/c1-2-6-11(13(16)17)14-12(15)9-10-7-4-3-5-8-10/h1,3-5,7-8,11H,6,9H2,(H,14,15)(H,16,17)/t11-/m1/s1. The topological polar surface area (TPSA) is 66.4 Å². The monoisotopic (exact) mass is 231 g/mol. The van der Waals surface area contributed by atoms with Gasteiger partial charge in [0.15, 0.2) is 0 Å². The molecule has 17 heavy (non-hydrogen) atoms. The van der Waals surface area contributed by atoms with Crippen molar-refractivity contribution in [2.45, 2.75) is 18.9 Å². The van der Waals surface area contributed by atoms with Gasteiger partial charge in [0.1, 0.15) is 6.04 Å². The van der Waals surface area contributed by atoms with Crippen molar-refractivity contribution in [2.75, 3.05) is 0 Å². The van der Waals surface area contributed by atoms with Crippen molar-refractivity contribution in [3.8, 4) is 12.3 Å². The van der Waals surface area contributed by atoms with Gasteiger partial charge in [-0.05, 0) is 5.56 Å². The molecule has 1 amide bonds. The maximum Gasteiger partial charge on any atom is 0.327 e. The largest absolute Gasteiger partial charge is 0.480 e. The summed E-state index contributed by atoms with van der Waals surface area (Å²) in [4.78, 5) is 22.3. The summed E-state index contributed by atoms with van der Waals surface area (Å²) in [6, 6.07) is 8.07. The lowest BCUT2D eigenvalue weighted by Gasteiger charge is -2.11. The van der Waals surface area contributed by atoms with Crippen LogP contribution in [0.5, 0.6) is 0 Å². The molecule has 0 unspecified atom stereocenters. The van der Waals surface area contributed by atoms with Gasteiger partial charge in [-0.25, -0.2) is 4.79 Å². The summed E-state index contributed by atoms with van der Waals surface area (Å²) in [5.41, 5.74) is 0.829. The van der Waals surface area contributed by atoms with Crippen LogP contribution in [0.3, 0.4) is 0 Å². The number of carbonyl (C=O) groups excluding carboxylic acids is 1. The maximum absolute atomic E-state index is 11.6. The van der Waals surface area contributed by atoms with Crippen LogP contribution in [0.4, 0.5) is 0 Å². The molecule has 0 radical (unpaired) electrons. The van der Waals surface area contributed by atoms with Gasteiger partial charge in [-0.1, -0.05) is 30.3 Å². The van der Waals surface area contributed by atoms with Gasteiger partial charge in [-0.3, -0.25) is 4.79 Å². The maximum atomic E-state index is 11.6. The van der Waals surface area contributed by atoms with Crippen molar-refractivity contribution in [1.82, 2.24) is 5.32 Å². The number of aliphatic carboxylic acids is 1. The first-order valence-corrected chi connectivity index (χ1v) is 5.13. The molecule has 0 aliphatic heterocycles. The lowest BCUT2D eigenvalue weighted by atomic mass is 10.1. The van der Waals surface area contributed by atoms with Gasteiger partial charge in [0.2, 0.25) is 5.91 Å². The summed E-state index contributed by atoms with van der Waals surface area (Å²) in [7, 11) is 0. The molecule has 0 saturated heterocycles. The zero-order valence-corrected chi connectivity index (χ0v) is 9.22. The van der Waals surface area contributed by atoms with E-state index < -0.39 is 12.0 Å². The van der Waals surface area contributed by atoms with E-state index in [-0.39, 0.29) is 18.7 Å². The highest BCUT2D eigenvalue weighted by atomic mass is 16.4. The van der Waals surface area contributed by atoms with Crippen LogP contribution < -0.4 is 5.32 Å². The minimum atomic E-state index is -1.12. The Labute approximate surface area is 99.7 Å². The van der Waals surface area contributed by atoms with Crippen LogP contribution in [0.25, 0.3) is 0 Å². The van der Waals surface area contributed by atoms with E-state index in [0.717, 1.165) is 5.56 Å². The van der Waals surface area contributed by atoms with Crippen molar-refractivity contribution in [1.29, 1.82) is 0 Å². The van der Waals surface area contributed by atoms with Crippen LogP contribution in [-0.4, -0.2) is 23.0 Å². The van der Waals surface area contributed by atoms with Crippen molar-refractivity contribution in [2.24, 2.45) is 0 Å². The van der Waals surface area contributed by atoms with Gasteiger partial charge >= 0.3 is 5.97 Å². The van der Waals surface area contributed by atoms with Gasteiger partial charge in [0.05, 0.1) is 6.42 Å². The zero-order chi connectivity index (χ0) is 12.7. The summed E-state index contributed by atoms with van der Waals surface area (Å²) < 4.78 is 0. The molecular weight excluding hydrogens is 218 g/mol. The van der Waals surface area contributed by atoms with Crippen LogP contribution >= 0.6 is 0 Å². The molecule has 0 bridgehead atoms. The number of carbonyl (C=O) groups is 2. The third-order valence-corrected chi connectivity index (χ3v) is 2.16. The van der Waals surface area contributed by atoms with E-state index in [1.807, 2.05) is 18.2 Å². The normalized spacial score (nSPS) is 11.2. The molecule has 0 fully saturated rings. The first-order chi connectivity index (χ1) is 8.13. The lowest BCUT2D eigenvalue weighted by Crippen LogP contribution is -2.41. The number of rotatable bonds is 5. The van der Waals surface area contributed by atoms with E-state index in [0.29, 0.717) is 0 Å². The third-order valence-electron chi connectivity index (χ3n) is 2.16. The summed E-state index contributed by atoms with van der Waals surface area (Å²) >= 11 is 0. The number of nitrogens with one attached hydrogen (secondary N) is 1. The Balaban J connectivity index is 2.54. The Morgan fingerprint density at radius 2 is 2.00 bits per heavy atom. The second-order valence-corrected chi connectivity index (χ2v) is 3.53. The number of hydrogen-bond acceptors (Lipinski definition) is 2.